The van der Waals surface area contributed by atoms with Gasteiger partial charge in [0.1, 0.15) is 24.2 Å². The zero-order valence-corrected chi connectivity index (χ0v) is 15.7. The minimum atomic E-state index is -1.44. The van der Waals surface area contributed by atoms with Crippen LogP contribution in [0.1, 0.15) is 32.6 Å². The number of aliphatic imine (C=N–C) groups is 1. The molecule has 12 N–H and O–H groups in total. The first kappa shape index (κ1) is 25.2. The van der Waals surface area contributed by atoms with Crippen LogP contribution in [0.15, 0.2) is 4.99 Å². The summed E-state index contributed by atoms with van der Waals surface area (Å²) in [5.41, 5.74) is 32.1. The monoisotopic (exact) mass is 403 g/mol. The highest BCUT2D eigenvalue weighted by molar-refractivity contribution is 5.91. The van der Waals surface area contributed by atoms with Crippen molar-refractivity contribution in [3.8, 4) is 0 Å². The number of carbonyl (C=O) groups excluding carboxylic acids is 4. The molecule has 0 aromatic rings. The van der Waals surface area contributed by atoms with Gasteiger partial charge in [-0.05, 0) is 26.2 Å². The van der Waals surface area contributed by atoms with Gasteiger partial charge < -0.3 is 43.9 Å². The predicted molar refractivity (Wildman–Crippen MR) is 98.9 cm³/mol. The molecule has 0 unspecified atom stereocenters. The van der Waals surface area contributed by atoms with E-state index in [0.717, 1.165) is 0 Å². The number of primary amides is 1. The van der Waals surface area contributed by atoms with Crippen molar-refractivity contribution in [3.63, 3.8) is 0 Å². The molecule has 0 aromatic heterocycles. The molecule has 0 radical (unpaired) electrons. The van der Waals surface area contributed by atoms with E-state index in [1.807, 2.05) is 0 Å². The first-order chi connectivity index (χ1) is 13.0. The van der Waals surface area contributed by atoms with Gasteiger partial charge in [-0.2, -0.15) is 0 Å². The quantitative estimate of drug-likeness (QED) is 0.0607. The fourth-order valence-corrected chi connectivity index (χ4v) is 1.83. The Labute approximate surface area is 162 Å². The summed E-state index contributed by atoms with van der Waals surface area (Å²) in [4.78, 5) is 49.9. The van der Waals surface area contributed by atoms with Crippen molar-refractivity contribution in [3.05, 3.63) is 0 Å². The molecule has 0 aliphatic carbocycles. The molecule has 0 saturated carbocycles. The van der Waals surface area contributed by atoms with Crippen LogP contribution in [0.3, 0.4) is 0 Å². The third kappa shape index (κ3) is 10.4. The van der Waals surface area contributed by atoms with Gasteiger partial charge in [-0.1, -0.05) is 0 Å². The molecule has 160 valence electrons. The van der Waals surface area contributed by atoms with E-state index in [1.54, 1.807) is 0 Å². The Hall–Kier alpha value is -2.77. The van der Waals surface area contributed by atoms with Crippen LogP contribution in [-0.2, 0) is 28.7 Å². The lowest BCUT2D eigenvalue weighted by atomic mass is 10.1. The van der Waals surface area contributed by atoms with Crippen molar-refractivity contribution in [1.29, 1.82) is 0 Å². The van der Waals surface area contributed by atoms with E-state index in [-0.39, 0.29) is 31.8 Å². The van der Waals surface area contributed by atoms with Gasteiger partial charge in [-0.25, -0.2) is 9.59 Å². The molecular weight excluding hydrogens is 374 g/mol. The first-order valence-electron chi connectivity index (χ1n) is 8.52. The molecule has 0 fully saturated rings. The van der Waals surface area contributed by atoms with Crippen LogP contribution in [0.2, 0.25) is 0 Å². The number of nitrogens with zero attached hydrogens (tertiary/aromatic N) is 1. The fourth-order valence-electron chi connectivity index (χ4n) is 1.83. The minimum Gasteiger partial charge on any atom is -0.459 e. The second-order valence-electron chi connectivity index (χ2n) is 6.07. The number of nitrogens with two attached hydrogens (primary N) is 6. The van der Waals surface area contributed by atoms with Crippen molar-refractivity contribution in [2.45, 2.75) is 56.8 Å². The van der Waals surface area contributed by atoms with Gasteiger partial charge in [0.25, 0.3) is 0 Å². The van der Waals surface area contributed by atoms with Gasteiger partial charge in [0.2, 0.25) is 5.91 Å². The summed E-state index contributed by atoms with van der Waals surface area (Å²) < 4.78 is 9.55. The lowest BCUT2D eigenvalue weighted by Crippen LogP contribution is -2.48. The average Bonchev–Trinajstić information content (AvgIpc) is 2.61. The average molecular weight is 403 g/mol. The lowest BCUT2D eigenvalue weighted by Gasteiger charge is -2.21. The Morgan fingerprint density at radius 1 is 0.893 bits per heavy atom. The molecule has 0 bridgehead atoms. The third-order valence-corrected chi connectivity index (χ3v) is 3.56. The molecule has 0 aliphatic heterocycles. The summed E-state index contributed by atoms with van der Waals surface area (Å²) in [6.07, 6.45) is -0.684. The topological polar surface area (TPSA) is 255 Å². The van der Waals surface area contributed by atoms with Crippen LogP contribution in [0.4, 0.5) is 0 Å². The van der Waals surface area contributed by atoms with Gasteiger partial charge in [-0.3, -0.25) is 14.6 Å². The second-order valence-corrected chi connectivity index (χ2v) is 6.07. The number of hydrogen-bond acceptors (Lipinski definition) is 10. The number of ether oxygens (including phenoxy) is 2. The molecule has 0 rings (SSSR count). The van der Waals surface area contributed by atoms with E-state index in [0.29, 0.717) is 6.42 Å². The van der Waals surface area contributed by atoms with Crippen LogP contribution in [0, 0.1) is 0 Å². The molecule has 4 atom stereocenters. The molecule has 0 aromatic carbocycles. The maximum Gasteiger partial charge on any atom is 0.334 e. The van der Waals surface area contributed by atoms with Crippen LogP contribution < -0.4 is 34.4 Å². The highest BCUT2D eigenvalue weighted by Gasteiger charge is 2.30. The van der Waals surface area contributed by atoms with Gasteiger partial charge in [0.15, 0.2) is 5.96 Å². The number of hydrogen-bond donors (Lipinski definition) is 6. The molecular formula is C15H29N7O6. The molecule has 0 saturated heterocycles. The summed E-state index contributed by atoms with van der Waals surface area (Å²) in [5, 5.41) is 0. The van der Waals surface area contributed by atoms with Crippen LogP contribution in [0.5, 0.6) is 0 Å². The van der Waals surface area contributed by atoms with E-state index in [1.165, 1.54) is 6.92 Å². The highest BCUT2D eigenvalue weighted by Crippen LogP contribution is 2.05. The SMILES string of the molecule is C[C@@H](OC(=O)[C@@H](N)CCC(N)=O)[C@H](N)C(=O)OC(=O)[C@@H](N)CCCN=C(N)N. The molecule has 1 amide bonds. The zero-order valence-electron chi connectivity index (χ0n) is 15.7. The normalized spacial score (nSPS) is 14.9. The molecule has 0 heterocycles. The lowest BCUT2D eigenvalue weighted by molar-refractivity contribution is -0.165. The second kappa shape index (κ2) is 12.6. The fraction of sp³-hybridized carbons (Fsp3) is 0.667. The number of amides is 1. The standard InChI is InChI=1S/C15H29N7O6/c1-7(27-12(24)9(17)4-5-10(18)23)11(19)14(26)28-13(25)8(16)3-2-6-22-15(20)21/h7-9,11H,2-6,16-17,19H2,1H3,(H2,18,23)(H4,20,21,22)/t7-,8+,9+,11+/m1/s1. The Balaban J connectivity index is 4.43. The number of esters is 3. The molecule has 13 nitrogen and oxygen atoms in total. The van der Waals surface area contributed by atoms with Crippen LogP contribution in [0.25, 0.3) is 0 Å². The van der Waals surface area contributed by atoms with E-state index >= 15 is 0 Å². The highest BCUT2D eigenvalue weighted by atomic mass is 16.6. The van der Waals surface area contributed by atoms with Crippen molar-refractivity contribution >= 4 is 29.8 Å². The smallest absolute Gasteiger partial charge is 0.334 e. The van der Waals surface area contributed by atoms with Crippen molar-refractivity contribution in [2.75, 3.05) is 6.54 Å². The van der Waals surface area contributed by atoms with Crippen LogP contribution in [-0.4, -0.2) is 60.5 Å². The van der Waals surface area contributed by atoms with Gasteiger partial charge in [0.05, 0.1) is 0 Å². The summed E-state index contributed by atoms with van der Waals surface area (Å²) >= 11 is 0. The molecule has 0 spiro atoms. The zero-order chi connectivity index (χ0) is 21.9. The molecule has 0 aliphatic rings. The minimum absolute atomic E-state index is 0.0201. The van der Waals surface area contributed by atoms with E-state index in [9.17, 15) is 19.2 Å². The van der Waals surface area contributed by atoms with Crippen molar-refractivity contribution in [2.24, 2.45) is 39.4 Å². The summed E-state index contributed by atoms with van der Waals surface area (Å²) in [6.45, 7) is 1.59. The first-order valence-corrected chi connectivity index (χ1v) is 8.52. The van der Waals surface area contributed by atoms with Gasteiger partial charge >= 0.3 is 17.9 Å². The Morgan fingerprint density at radius 3 is 2.00 bits per heavy atom. The predicted octanol–water partition coefficient (Wildman–Crippen LogP) is -3.71. The summed E-state index contributed by atoms with van der Waals surface area (Å²) in [5.74, 6) is -3.68. The summed E-state index contributed by atoms with van der Waals surface area (Å²) in [7, 11) is 0. The largest absolute Gasteiger partial charge is 0.459 e. The Morgan fingerprint density at radius 2 is 1.46 bits per heavy atom. The maximum absolute atomic E-state index is 11.9. The van der Waals surface area contributed by atoms with Gasteiger partial charge in [-0.15, -0.1) is 0 Å². The van der Waals surface area contributed by atoms with Crippen molar-refractivity contribution < 1.29 is 28.7 Å². The van der Waals surface area contributed by atoms with E-state index in [2.05, 4.69) is 9.73 Å². The number of guanidine groups is 1. The Bertz CT molecular complexity index is 593. The maximum atomic E-state index is 11.9. The Kier molecular flexibility index (Phi) is 11.3. The van der Waals surface area contributed by atoms with E-state index in [4.69, 9.17) is 39.1 Å². The molecule has 13 heteroatoms. The van der Waals surface area contributed by atoms with Crippen molar-refractivity contribution in [1.82, 2.24) is 0 Å². The summed E-state index contributed by atoms with van der Waals surface area (Å²) in [6, 6.07) is -3.63. The third-order valence-electron chi connectivity index (χ3n) is 3.56. The number of carbonyl (C=O) groups is 4. The molecule has 28 heavy (non-hydrogen) atoms. The number of rotatable bonds is 12. The van der Waals surface area contributed by atoms with Gasteiger partial charge in [0, 0.05) is 13.0 Å². The van der Waals surface area contributed by atoms with E-state index < -0.39 is 48.0 Å². The van der Waals surface area contributed by atoms with Crippen LogP contribution >= 0.6 is 0 Å².